The van der Waals surface area contributed by atoms with Crippen LogP contribution in [0.4, 0.5) is 0 Å². The van der Waals surface area contributed by atoms with E-state index in [1.807, 2.05) is 19.1 Å². The zero-order valence-corrected chi connectivity index (χ0v) is 13.7. The van der Waals surface area contributed by atoms with Gasteiger partial charge in [-0.2, -0.15) is 5.26 Å². The molecular weight excluding hydrogens is 328 g/mol. The van der Waals surface area contributed by atoms with Gasteiger partial charge in [-0.1, -0.05) is 23.7 Å². The Kier molecular flexibility index (Phi) is 5.94. The van der Waals surface area contributed by atoms with Crippen molar-refractivity contribution in [2.24, 2.45) is 0 Å². The van der Waals surface area contributed by atoms with Crippen molar-refractivity contribution in [1.29, 1.82) is 5.26 Å². The molecule has 0 aliphatic heterocycles. The third-order valence-corrected chi connectivity index (χ3v) is 3.55. The third kappa shape index (κ3) is 4.83. The highest BCUT2D eigenvalue weighted by atomic mass is 35.5. The zero-order valence-electron chi connectivity index (χ0n) is 13.0. The number of nitrogens with one attached hydrogen (secondary N) is 1. The molecule has 0 bridgehead atoms. The molecule has 0 unspecified atom stereocenters. The highest BCUT2D eigenvalue weighted by Crippen LogP contribution is 2.17. The normalized spacial score (nSPS) is 11.2. The summed E-state index contributed by atoms with van der Waals surface area (Å²) < 4.78 is 4.96. The van der Waals surface area contributed by atoms with Gasteiger partial charge in [0.25, 0.3) is 5.91 Å². The standard InChI is InChI=1S/C18H15ClN2O3/c1-12(15-3-2-4-16(19)9-15)21-17(22)11-24-18(23)14-7-5-13(10-20)6-8-14/h2-9,12H,11H2,1H3,(H,21,22)/t12-/m1/s1. The van der Waals surface area contributed by atoms with Crippen molar-refractivity contribution < 1.29 is 14.3 Å². The molecule has 6 heteroatoms. The molecule has 0 spiro atoms. The first-order valence-electron chi connectivity index (χ1n) is 7.21. The van der Waals surface area contributed by atoms with Gasteiger partial charge in [-0.05, 0) is 48.9 Å². The molecule has 0 saturated heterocycles. The third-order valence-electron chi connectivity index (χ3n) is 3.31. The number of amides is 1. The Morgan fingerprint density at radius 2 is 1.96 bits per heavy atom. The molecule has 1 N–H and O–H groups in total. The van der Waals surface area contributed by atoms with Crippen LogP contribution in [0, 0.1) is 11.3 Å². The van der Waals surface area contributed by atoms with Gasteiger partial charge in [0.05, 0.1) is 23.2 Å². The number of hydrogen-bond donors (Lipinski definition) is 1. The number of benzene rings is 2. The van der Waals surface area contributed by atoms with Crippen LogP contribution < -0.4 is 5.32 Å². The summed E-state index contributed by atoms with van der Waals surface area (Å²) in [6, 6.07) is 14.8. The lowest BCUT2D eigenvalue weighted by Gasteiger charge is -2.14. The van der Waals surface area contributed by atoms with Gasteiger partial charge in [0.1, 0.15) is 0 Å². The molecule has 0 fully saturated rings. The first-order chi connectivity index (χ1) is 11.5. The zero-order chi connectivity index (χ0) is 17.5. The first kappa shape index (κ1) is 17.5. The van der Waals surface area contributed by atoms with Crippen LogP contribution in [0.5, 0.6) is 0 Å². The van der Waals surface area contributed by atoms with Crippen LogP contribution in [-0.4, -0.2) is 18.5 Å². The molecule has 24 heavy (non-hydrogen) atoms. The van der Waals surface area contributed by atoms with Crippen LogP contribution in [0.3, 0.4) is 0 Å². The van der Waals surface area contributed by atoms with Crippen LogP contribution in [0.15, 0.2) is 48.5 Å². The second-order valence-electron chi connectivity index (χ2n) is 5.11. The Labute approximate surface area is 144 Å². The second-order valence-corrected chi connectivity index (χ2v) is 5.55. The molecule has 122 valence electrons. The van der Waals surface area contributed by atoms with E-state index < -0.39 is 11.9 Å². The fraction of sp³-hybridized carbons (Fsp3) is 0.167. The number of halogens is 1. The number of ether oxygens (including phenoxy) is 1. The van der Waals surface area contributed by atoms with E-state index in [1.54, 1.807) is 18.2 Å². The minimum atomic E-state index is -0.620. The van der Waals surface area contributed by atoms with E-state index in [9.17, 15) is 9.59 Å². The van der Waals surface area contributed by atoms with Crippen molar-refractivity contribution in [2.75, 3.05) is 6.61 Å². The van der Waals surface area contributed by atoms with Crippen LogP contribution >= 0.6 is 11.6 Å². The summed E-state index contributed by atoms with van der Waals surface area (Å²) in [6.07, 6.45) is 0. The quantitative estimate of drug-likeness (QED) is 0.846. The summed E-state index contributed by atoms with van der Waals surface area (Å²) in [7, 11) is 0. The Bertz CT molecular complexity index is 782. The number of nitriles is 1. The summed E-state index contributed by atoms with van der Waals surface area (Å²) in [5.41, 5.74) is 1.58. The largest absolute Gasteiger partial charge is 0.452 e. The maximum absolute atomic E-state index is 11.9. The fourth-order valence-corrected chi connectivity index (χ4v) is 2.24. The molecule has 5 nitrogen and oxygen atoms in total. The predicted octanol–water partition coefficient (Wildman–Crippen LogP) is 3.25. The number of rotatable bonds is 5. The molecule has 1 amide bonds. The summed E-state index contributed by atoms with van der Waals surface area (Å²) in [6.45, 7) is 1.43. The number of carbonyl (C=O) groups is 2. The summed E-state index contributed by atoms with van der Waals surface area (Å²) in [5.74, 6) is -1.03. The number of esters is 1. The molecule has 0 aromatic heterocycles. The molecular formula is C18H15ClN2O3. The van der Waals surface area contributed by atoms with E-state index in [-0.39, 0.29) is 18.2 Å². The fourth-order valence-electron chi connectivity index (χ4n) is 2.04. The number of carbonyl (C=O) groups excluding carboxylic acids is 2. The van der Waals surface area contributed by atoms with Crippen molar-refractivity contribution >= 4 is 23.5 Å². The Hall–Kier alpha value is -2.84. The van der Waals surface area contributed by atoms with Gasteiger partial charge < -0.3 is 10.1 Å². The Morgan fingerprint density at radius 3 is 2.58 bits per heavy atom. The SMILES string of the molecule is C[C@@H](NC(=O)COC(=O)c1ccc(C#N)cc1)c1cccc(Cl)c1. The molecule has 0 radical (unpaired) electrons. The van der Waals surface area contributed by atoms with Gasteiger partial charge in [0.15, 0.2) is 6.61 Å². The average molecular weight is 343 g/mol. The lowest BCUT2D eigenvalue weighted by Crippen LogP contribution is -2.31. The average Bonchev–Trinajstić information content (AvgIpc) is 2.59. The van der Waals surface area contributed by atoms with Gasteiger partial charge in [-0.25, -0.2) is 4.79 Å². The van der Waals surface area contributed by atoms with Crippen molar-refractivity contribution in [3.63, 3.8) is 0 Å². The molecule has 0 saturated carbocycles. The van der Waals surface area contributed by atoms with E-state index in [1.165, 1.54) is 24.3 Å². The lowest BCUT2D eigenvalue weighted by molar-refractivity contribution is -0.124. The van der Waals surface area contributed by atoms with Gasteiger partial charge in [0.2, 0.25) is 0 Å². The van der Waals surface area contributed by atoms with Crippen LogP contribution in [0.2, 0.25) is 5.02 Å². The monoisotopic (exact) mass is 342 g/mol. The van der Waals surface area contributed by atoms with E-state index in [0.29, 0.717) is 10.6 Å². The molecule has 2 aromatic carbocycles. The smallest absolute Gasteiger partial charge is 0.338 e. The summed E-state index contributed by atoms with van der Waals surface area (Å²) >= 11 is 5.92. The van der Waals surface area contributed by atoms with Crippen molar-refractivity contribution in [2.45, 2.75) is 13.0 Å². The van der Waals surface area contributed by atoms with Gasteiger partial charge in [0, 0.05) is 5.02 Å². The van der Waals surface area contributed by atoms with Crippen LogP contribution in [0.1, 0.15) is 34.5 Å². The minimum Gasteiger partial charge on any atom is -0.452 e. The molecule has 0 aliphatic rings. The van der Waals surface area contributed by atoms with Gasteiger partial charge in [-0.3, -0.25) is 4.79 Å². The Balaban J connectivity index is 1.86. The molecule has 2 aromatic rings. The van der Waals surface area contributed by atoms with Crippen molar-refractivity contribution in [3.8, 4) is 6.07 Å². The number of nitrogens with zero attached hydrogens (tertiary/aromatic N) is 1. The predicted molar refractivity (Wildman–Crippen MR) is 89.4 cm³/mol. The lowest BCUT2D eigenvalue weighted by atomic mass is 10.1. The topological polar surface area (TPSA) is 79.2 Å². The van der Waals surface area contributed by atoms with E-state index in [0.717, 1.165) is 5.56 Å². The van der Waals surface area contributed by atoms with Crippen molar-refractivity contribution in [1.82, 2.24) is 5.32 Å². The minimum absolute atomic E-state index is 0.259. The summed E-state index contributed by atoms with van der Waals surface area (Å²) in [5, 5.41) is 12.0. The molecule has 1 atom stereocenters. The van der Waals surface area contributed by atoms with Gasteiger partial charge >= 0.3 is 5.97 Å². The molecule has 0 aliphatic carbocycles. The highest BCUT2D eigenvalue weighted by molar-refractivity contribution is 6.30. The summed E-state index contributed by atoms with van der Waals surface area (Å²) in [4.78, 5) is 23.7. The maximum Gasteiger partial charge on any atom is 0.338 e. The number of hydrogen-bond acceptors (Lipinski definition) is 4. The van der Waals surface area contributed by atoms with E-state index in [4.69, 9.17) is 21.6 Å². The molecule has 0 heterocycles. The van der Waals surface area contributed by atoms with Gasteiger partial charge in [-0.15, -0.1) is 0 Å². The maximum atomic E-state index is 11.9. The van der Waals surface area contributed by atoms with E-state index in [2.05, 4.69) is 5.32 Å². The Morgan fingerprint density at radius 1 is 1.25 bits per heavy atom. The van der Waals surface area contributed by atoms with E-state index >= 15 is 0 Å². The van der Waals surface area contributed by atoms with Crippen LogP contribution in [-0.2, 0) is 9.53 Å². The molecule has 2 rings (SSSR count). The van der Waals surface area contributed by atoms with Crippen molar-refractivity contribution in [3.05, 3.63) is 70.2 Å². The second kappa shape index (κ2) is 8.14. The van der Waals surface area contributed by atoms with Crippen LogP contribution in [0.25, 0.3) is 0 Å². The first-order valence-corrected chi connectivity index (χ1v) is 7.59. The highest BCUT2D eigenvalue weighted by Gasteiger charge is 2.13.